The van der Waals surface area contributed by atoms with Crippen LogP contribution in [0, 0.1) is 0 Å². The number of nitrogens with two attached hydrogens (primary N) is 1. The first kappa shape index (κ1) is 15.4. The third-order valence-corrected chi connectivity index (χ3v) is 4.50. The molecule has 25 heavy (non-hydrogen) atoms. The number of fused-ring (bicyclic) bond motifs is 1. The molecule has 0 aliphatic rings. The SMILES string of the molecule is CCc1nnc(Sc2nc3c(cnn3-c3ccccc3)c(=O)[nH]2)n1N. The highest BCUT2D eigenvalue weighted by atomic mass is 32.2. The number of hydrogen-bond donors (Lipinski definition) is 2. The predicted molar refractivity (Wildman–Crippen MR) is 93.2 cm³/mol. The van der Waals surface area contributed by atoms with Crippen LogP contribution in [-0.2, 0) is 6.42 Å². The number of aromatic amines is 1. The van der Waals surface area contributed by atoms with Gasteiger partial charge in [-0.2, -0.15) is 5.10 Å². The van der Waals surface area contributed by atoms with Crippen LogP contribution < -0.4 is 11.4 Å². The van der Waals surface area contributed by atoms with Crippen molar-refractivity contribution in [2.75, 3.05) is 5.84 Å². The Morgan fingerprint density at radius 2 is 2.04 bits per heavy atom. The minimum absolute atomic E-state index is 0.270. The van der Waals surface area contributed by atoms with Crippen molar-refractivity contribution in [1.29, 1.82) is 0 Å². The van der Waals surface area contributed by atoms with Crippen molar-refractivity contribution in [2.24, 2.45) is 0 Å². The standard InChI is InChI=1S/C15H14N8OS/c1-2-11-20-21-15(22(11)16)25-14-18-12-10(13(24)19-14)8-17-23(12)9-6-4-3-5-7-9/h3-8H,2,16H2,1H3,(H,18,19,24). The van der Waals surface area contributed by atoms with Gasteiger partial charge in [-0.15, -0.1) is 10.2 Å². The molecule has 0 aliphatic carbocycles. The Kier molecular flexibility index (Phi) is 3.73. The summed E-state index contributed by atoms with van der Waals surface area (Å²) in [5, 5.41) is 13.5. The van der Waals surface area contributed by atoms with Gasteiger partial charge in [0.1, 0.15) is 5.39 Å². The number of benzene rings is 1. The molecule has 0 saturated carbocycles. The molecule has 0 bridgehead atoms. The monoisotopic (exact) mass is 354 g/mol. The quantitative estimate of drug-likeness (QED) is 0.416. The molecule has 0 unspecified atom stereocenters. The average molecular weight is 354 g/mol. The van der Waals surface area contributed by atoms with Crippen molar-refractivity contribution in [3.63, 3.8) is 0 Å². The summed E-state index contributed by atoms with van der Waals surface area (Å²) in [4.78, 5) is 19.6. The number of H-pyrrole nitrogens is 1. The summed E-state index contributed by atoms with van der Waals surface area (Å²) in [6, 6.07) is 9.50. The Balaban J connectivity index is 1.80. The zero-order valence-corrected chi connectivity index (χ0v) is 14.1. The lowest BCUT2D eigenvalue weighted by atomic mass is 10.3. The third-order valence-electron chi connectivity index (χ3n) is 3.66. The fourth-order valence-corrected chi connectivity index (χ4v) is 3.14. The first-order valence-corrected chi connectivity index (χ1v) is 8.39. The van der Waals surface area contributed by atoms with Gasteiger partial charge in [0, 0.05) is 6.42 Å². The van der Waals surface area contributed by atoms with E-state index in [1.165, 1.54) is 10.9 Å². The summed E-state index contributed by atoms with van der Waals surface area (Å²) in [5.41, 5.74) is 1.02. The zero-order chi connectivity index (χ0) is 17.4. The zero-order valence-electron chi connectivity index (χ0n) is 13.2. The Morgan fingerprint density at radius 1 is 1.24 bits per heavy atom. The number of nitrogen functional groups attached to an aromatic ring is 1. The van der Waals surface area contributed by atoms with Gasteiger partial charge in [0.2, 0.25) is 5.16 Å². The van der Waals surface area contributed by atoms with Crippen molar-refractivity contribution in [3.8, 4) is 5.69 Å². The van der Waals surface area contributed by atoms with Gasteiger partial charge in [-0.25, -0.2) is 14.3 Å². The van der Waals surface area contributed by atoms with Crippen LogP contribution in [0.1, 0.15) is 12.7 Å². The summed E-state index contributed by atoms with van der Waals surface area (Å²) in [6.07, 6.45) is 2.16. The predicted octanol–water partition coefficient (Wildman–Crippen LogP) is 1.13. The molecule has 3 N–H and O–H groups in total. The van der Waals surface area contributed by atoms with E-state index in [2.05, 4.69) is 25.3 Å². The van der Waals surface area contributed by atoms with Gasteiger partial charge in [-0.3, -0.25) is 4.79 Å². The smallest absolute Gasteiger partial charge is 0.262 e. The van der Waals surface area contributed by atoms with Gasteiger partial charge in [0.05, 0.1) is 11.9 Å². The van der Waals surface area contributed by atoms with Crippen LogP contribution in [-0.4, -0.2) is 34.6 Å². The van der Waals surface area contributed by atoms with Gasteiger partial charge in [-0.05, 0) is 23.9 Å². The Morgan fingerprint density at radius 3 is 2.76 bits per heavy atom. The summed E-state index contributed by atoms with van der Waals surface area (Å²) in [7, 11) is 0. The van der Waals surface area contributed by atoms with Gasteiger partial charge in [0.15, 0.2) is 16.6 Å². The molecule has 3 heterocycles. The molecule has 0 fully saturated rings. The lowest BCUT2D eigenvalue weighted by Gasteiger charge is -2.04. The second-order valence-corrected chi connectivity index (χ2v) is 6.18. The minimum Gasteiger partial charge on any atom is -0.336 e. The molecule has 0 amide bonds. The largest absolute Gasteiger partial charge is 0.336 e. The van der Waals surface area contributed by atoms with E-state index in [4.69, 9.17) is 5.84 Å². The molecular weight excluding hydrogens is 340 g/mol. The highest BCUT2D eigenvalue weighted by molar-refractivity contribution is 7.99. The van der Waals surface area contributed by atoms with Crippen molar-refractivity contribution in [1.82, 2.24) is 34.6 Å². The summed E-state index contributed by atoms with van der Waals surface area (Å²) < 4.78 is 3.02. The maximum Gasteiger partial charge on any atom is 0.262 e. The number of para-hydroxylation sites is 1. The lowest BCUT2D eigenvalue weighted by Crippen LogP contribution is -2.14. The first-order chi connectivity index (χ1) is 12.2. The summed E-state index contributed by atoms with van der Waals surface area (Å²) in [5.74, 6) is 6.60. The molecular formula is C15H14N8OS. The molecule has 126 valence electrons. The summed E-state index contributed by atoms with van der Waals surface area (Å²) in [6.45, 7) is 1.94. The first-order valence-electron chi connectivity index (χ1n) is 7.58. The number of rotatable bonds is 4. The molecule has 0 saturated heterocycles. The van der Waals surface area contributed by atoms with Gasteiger partial charge in [0.25, 0.3) is 5.56 Å². The van der Waals surface area contributed by atoms with Gasteiger partial charge in [-0.1, -0.05) is 25.1 Å². The minimum atomic E-state index is -0.270. The van der Waals surface area contributed by atoms with Crippen LogP contribution in [0.25, 0.3) is 16.7 Å². The van der Waals surface area contributed by atoms with Crippen molar-refractivity contribution in [2.45, 2.75) is 23.7 Å². The van der Waals surface area contributed by atoms with E-state index in [9.17, 15) is 4.79 Å². The molecule has 0 aliphatic heterocycles. The number of nitrogens with zero attached hydrogens (tertiary/aromatic N) is 6. The van der Waals surface area contributed by atoms with E-state index in [-0.39, 0.29) is 5.56 Å². The average Bonchev–Trinajstić information content (AvgIpc) is 3.20. The molecule has 4 rings (SSSR count). The number of aromatic nitrogens is 7. The fourth-order valence-electron chi connectivity index (χ4n) is 2.41. The maximum absolute atomic E-state index is 12.3. The molecule has 0 radical (unpaired) electrons. The van der Waals surface area contributed by atoms with E-state index in [0.717, 1.165) is 17.4 Å². The molecule has 4 aromatic rings. The van der Waals surface area contributed by atoms with E-state index in [0.29, 0.717) is 33.6 Å². The van der Waals surface area contributed by atoms with Crippen molar-refractivity contribution >= 4 is 22.8 Å². The van der Waals surface area contributed by atoms with Crippen LogP contribution in [0.5, 0.6) is 0 Å². The van der Waals surface area contributed by atoms with Crippen LogP contribution in [0.4, 0.5) is 0 Å². The van der Waals surface area contributed by atoms with E-state index < -0.39 is 0 Å². The van der Waals surface area contributed by atoms with Crippen molar-refractivity contribution < 1.29 is 0 Å². The third kappa shape index (κ3) is 2.66. The Hall–Kier alpha value is -3.14. The number of nitrogens with one attached hydrogen (secondary N) is 1. The highest BCUT2D eigenvalue weighted by Gasteiger charge is 2.15. The molecule has 0 spiro atoms. The molecule has 9 nitrogen and oxygen atoms in total. The normalized spacial score (nSPS) is 11.2. The van der Waals surface area contributed by atoms with Crippen LogP contribution in [0.3, 0.4) is 0 Å². The lowest BCUT2D eigenvalue weighted by molar-refractivity contribution is 0.791. The molecule has 3 aromatic heterocycles. The van der Waals surface area contributed by atoms with Crippen LogP contribution in [0.2, 0.25) is 0 Å². The van der Waals surface area contributed by atoms with Crippen LogP contribution in [0.15, 0.2) is 51.6 Å². The maximum atomic E-state index is 12.3. The van der Waals surface area contributed by atoms with E-state index >= 15 is 0 Å². The number of hydrogen-bond acceptors (Lipinski definition) is 7. The fraction of sp³-hybridized carbons (Fsp3) is 0.133. The molecule has 10 heteroatoms. The van der Waals surface area contributed by atoms with Gasteiger partial charge < -0.3 is 10.8 Å². The summed E-state index contributed by atoms with van der Waals surface area (Å²) >= 11 is 1.14. The molecule has 1 aromatic carbocycles. The topological polar surface area (TPSA) is 120 Å². The van der Waals surface area contributed by atoms with Crippen molar-refractivity contribution in [3.05, 3.63) is 52.7 Å². The second kappa shape index (κ2) is 6.06. The second-order valence-electron chi connectivity index (χ2n) is 5.22. The molecule has 0 atom stereocenters. The van der Waals surface area contributed by atoms with Gasteiger partial charge >= 0.3 is 0 Å². The van der Waals surface area contributed by atoms with E-state index in [1.807, 2.05) is 37.3 Å². The number of aryl methyl sites for hydroxylation is 1. The van der Waals surface area contributed by atoms with Crippen LogP contribution >= 0.6 is 11.8 Å². The van der Waals surface area contributed by atoms with E-state index in [1.54, 1.807) is 4.68 Å². The highest BCUT2D eigenvalue weighted by Crippen LogP contribution is 2.23. The Bertz CT molecular complexity index is 1100. The Labute approximate surface area is 145 Å².